The number of halogens is 3. The number of hydrogen-bond acceptors (Lipinski definition) is 5. The van der Waals surface area contributed by atoms with Crippen molar-refractivity contribution < 1.29 is 23.5 Å². The van der Waals surface area contributed by atoms with Crippen LogP contribution in [0.15, 0.2) is 47.5 Å². The summed E-state index contributed by atoms with van der Waals surface area (Å²) in [4.78, 5) is 23.8. The van der Waals surface area contributed by atoms with E-state index in [0.717, 1.165) is 29.2 Å². The van der Waals surface area contributed by atoms with Crippen LogP contribution in [0.3, 0.4) is 0 Å². The molecule has 30 heavy (non-hydrogen) atoms. The van der Waals surface area contributed by atoms with Gasteiger partial charge in [0.05, 0.1) is 0 Å². The maximum Gasteiger partial charge on any atom is 0.341 e. The van der Waals surface area contributed by atoms with Gasteiger partial charge in [0.2, 0.25) is 0 Å². The number of thioether (sulfide) groups is 1. The van der Waals surface area contributed by atoms with Gasteiger partial charge >= 0.3 is 12.0 Å². The highest BCUT2D eigenvalue weighted by atomic mass is 35.5. The molecule has 0 saturated carbocycles. The molecule has 0 aliphatic carbocycles. The number of rotatable bonds is 7. The van der Waals surface area contributed by atoms with Crippen molar-refractivity contribution in [3.05, 3.63) is 75.8 Å². The highest BCUT2D eigenvalue weighted by Gasteiger charge is 2.22. The van der Waals surface area contributed by atoms with E-state index in [9.17, 15) is 23.5 Å². The average molecular weight is 470 g/mol. The van der Waals surface area contributed by atoms with Crippen molar-refractivity contribution in [3.8, 4) is 0 Å². The fourth-order valence-corrected chi connectivity index (χ4v) is 4.38. The third-order valence-corrected chi connectivity index (χ3v) is 6.00. The number of carboxylic acid groups (broad SMARTS) is 1. The summed E-state index contributed by atoms with van der Waals surface area (Å²) in [5, 5.41) is 15.4. The normalized spacial score (nSPS) is 10.6. The largest absolute Gasteiger partial charge is 0.477 e. The number of carbonyl (C=O) groups excluding carboxylic acids is 1. The van der Waals surface area contributed by atoms with Gasteiger partial charge in [0.1, 0.15) is 15.6 Å². The number of nitrogens with one attached hydrogen (secondary N) is 2. The smallest absolute Gasteiger partial charge is 0.341 e. The molecule has 2 aromatic carbocycles. The number of aromatic nitrogens is 1. The molecule has 0 radical (unpaired) electrons. The van der Waals surface area contributed by atoms with E-state index < -0.39 is 23.6 Å². The van der Waals surface area contributed by atoms with E-state index in [2.05, 4.69) is 15.0 Å². The number of nitrogens with zero attached hydrogens (tertiary/aromatic N) is 1. The van der Waals surface area contributed by atoms with Gasteiger partial charge in [-0.2, -0.15) is 4.37 Å². The summed E-state index contributed by atoms with van der Waals surface area (Å²) < 4.78 is 30.3. The van der Waals surface area contributed by atoms with Crippen molar-refractivity contribution in [1.82, 2.24) is 9.69 Å². The zero-order chi connectivity index (χ0) is 21.7. The average Bonchev–Trinajstić information content (AvgIpc) is 3.11. The topological polar surface area (TPSA) is 91.3 Å². The van der Waals surface area contributed by atoms with E-state index in [-0.39, 0.29) is 22.1 Å². The molecular formula is C19H14ClF2N3O3S2. The Hall–Kier alpha value is -2.69. The van der Waals surface area contributed by atoms with Crippen molar-refractivity contribution in [3.63, 3.8) is 0 Å². The predicted molar refractivity (Wildman–Crippen MR) is 112 cm³/mol. The Labute approximate surface area is 183 Å². The van der Waals surface area contributed by atoms with Gasteiger partial charge in [-0.1, -0.05) is 41.6 Å². The molecule has 6 nitrogen and oxygen atoms in total. The van der Waals surface area contributed by atoms with Crippen LogP contribution in [0.1, 0.15) is 21.5 Å². The Morgan fingerprint density at radius 2 is 1.80 bits per heavy atom. The van der Waals surface area contributed by atoms with Crippen LogP contribution >= 0.6 is 34.9 Å². The molecule has 0 saturated heterocycles. The first-order valence-electron chi connectivity index (χ1n) is 8.42. The Morgan fingerprint density at radius 3 is 2.47 bits per heavy atom. The van der Waals surface area contributed by atoms with Crippen molar-refractivity contribution in [2.45, 2.75) is 17.3 Å². The van der Waals surface area contributed by atoms with E-state index in [0.29, 0.717) is 16.3 Å². The molecular weight excluding hydrogens is 456 g/mol. The lowest BCUT2D eigenvalue weighted by atomic mass is 10.2. The second-order valence-corrected chi connectivity index (χ2v) is 8.14. The molecule has 2 amide bonds. The molecule has 0 spiro atoms. The van der Waals surface area contributed by atoms with Gasteiger partial charge in [0, 0.05) is 17.3 Å². The maximum atomic E-state index is 13.2. The van der Waals surface area contributed by atoms with E-state index in [1.807, 2.05) is 12.1 Å². The van der Waals surface area contributed by atoms with Gasteiger partial charge in [0.15, 0.2) is 11.6 Å². The monoisotopic (exact) mass is 469 g/mol. The molecule has 0 aliphatic heterocycles. The summed E-state index contributed by atoms with van der Waals surface area (Å²) in [6.45, 7) is -0.0670. The van der Waals surface area contributed by atoms with Gasteiger partial charge in [0.25, 0.3) is 0 Å². The molecule has 0 fully saturated rings. The highest BCUT2D eigenvalue weighted by Crippen LogP contribution is 2.33. The zero-order valence-corrected chi connectivity index (χ0v) is 17.5. The molecule has 11 heteroatoms. The van der Waals surface area contributed by atoms with Crippen LogP contribution in [0.5, 0.6) is 0 Å². The number of aromatic carboxylic acids is 1. The van der Waals surface area contributed by atoms with E-state index in [4.69, 9.17) is 11.6 Å². The Kier molecular flexibility index (Phi) is 7.24. The molecule has 0 aliphatic rings. The highest BCUT2D eigenvalue weighted by molar-refractivity contribution is 7.98. The molecule has 3 aromatic rings. The summed E-state index contributed by atoms with van der Waals surface area (Å²) >= 11 is 7.91. The van der Waals surface area contributed by atoms with Gasteiger partial charge in [-0.25, -0.2) is 18.4 Å². The minimum Gasteiger partial charge on any atom is -0.477 e. The lowest BCUT2D eigenvalue weighted by molar-refractivity contribution is 0.0694. The van der Waals surface area contributed by atoms with Crippen LogP contribution < -0.4 is 10.6 Å². The Bertz CT molecular complexity index is 1080. The first kappa shape index (κ1) is 22.0. The number of amides is 2. The lowest BCUT2D eigenvalue weighted by Crippen LogP contribution is -2.28. The number of hydrogen-bond donors (Lipinski definition) is 3. The molecule has 3 N–H and O–H groups in total. The number of benzene rings is 2. The van der Waals surface area contributed by atoms with Gasteiger partial charge in [-0.05, 0) is 46.9 Å². The van der Waals surface area contributed by atoms with Crippen molar-refractivity contribution in [2.75, 3.05) is 5.32 Å². The van der Waals surface area contributed by atoms with Crippen LogP contribution in [0.2, 0.25) is 5.02 Å². The predicted octanol–water partition coefficient (Wildman–Crippen LogP) is 5.39. The molecule has 0 bridgehead atoms. The number of anilines is 1. The third kappa shape index (κ3) is 5.68. The van der Waals surface area contributed by atoms with E-state index in [1.54, 1.807) is 12.1 Å². The van der Waals surface area contributed by atoms with Gasteiger partial charge in [-0.3, -0.25) is 5.32 Å². The third-order valence-electron chi connectivity index (χ3n) is 3.83. The fourth-order valence-electron chi connectivity index (χ4n) is 2.36. The van der Waals surface area contributed by atoms with Crippen LogP contribution in [-0.2, 0) is 12.3 Å². The van der Waals surface area contributed by atoms with Crippen LogP contribution in [0.4, 0.5) is 18.6 Å². The van der Waals surface area contributed by atoms with Crippen LogP contribution in [-0.4, -0.2) is 21.5 Å². The molecule has 1 heterocycles. The second-order valence-electron chi connectivity index (χ2n) is 5.97. The molecule has 3 rings (SSSR count). The summed E-state index contributed by atoms with van der Waals surface area (Å²) in [6, 6.07) is 9.69. The summed E-state index contributed by atoms with van der Waals surface area (Å²) in [5.74, 6) is -2.75. The number of urea groups is 1. The number of carboxylic acids is 1. The van der Waals surface area contributed by atoms with Crippen LogP contribution in [0.25, 0.3) is 0 Å². The van der Waals surface area contributed by atoms with Crippen molar-refractivity contribution in [2.24, 2.45) is 0 Å². The first-order valence-corrected chi connectivity index (χ1v) is 10.6. The van der Waals surface area contributed by atoms with E-state index >= 15 is 0 Å². The Morgan fingerprint density at radius 1 is 1.10 bits per heavy atom. The Balaban J connectivity index is 1.63. The minimum atomic E-state index is -1.22. The standard InChI is InChI=1S/C19H14ClF2N3O3S2/c20-12-4-1-10(2-5-12)9-29-17-15(18(26)27)16(30-25-17)24-19(28)23-8-11-3-6-13(21)14(22)7-11/h1-7H,8-9H2,(H,26,27)(H2,23,24,28). The fraction of sp³-hybridized carbons (Fsp3) is 0.105. The van der Waals surface area contributed by atoms with Gasteiger partial charge < -0.3 is 10.4 Å². The molecule has 0 unspecified atom stereocenters. The van der Waals surface area contributed by atoms with Gasteiger partial charge in [-0.15, -0.1) is 0 Å². The lowest BCUT2D eigenvalue weighted by Gasteiger charge is -2.07. The van der Waals surface area contributed by atoms with Crippen LogP contribution in [0, 0.1) is 11.6 Å². The summed E-state index contributed by atoms with van der Waals surface area (Å²) in [6.07, 6.45) is 0. The second kappa shape index (κ2) is 9.88. The molecule has 1 aromatic heterocycles. The SMILES string of the molecule is O=C(NCc1ccc(F)c(F)c1)Nc1snc(SCc2ccc(Cl)cc2)c1C(=O)O. The molecule has 0 atom stereocenters. The minimum absolute atomic E-state index is 0.0670. The molecule has 156 valence electrons. The zero-order valence-electron chi connectivity index (χ0n) is 15.1. The summed E-state index contributed by atoms with van der Waals surface area (Å²) in [5.41, 5.74) is 1.18. The van der Waals surface area contributed by atoms with E-state index in [1.165, 1.54) is 17.8 Å². The quantitative estimate of drug-likeness (QED) is 0.404. The maximum absolute atomic E-state index is 13.2. The first-order chi connectivity index (χ1) is 14.3. The summed E-state index contributed by atoms with van der Waals surface area (Å²) in [7, 11) is 0. The number of carbonyl (C=O) groups is 2. The van der Waals surface area contributed by atoms with Crippen molar-refractivity contribution in [1.29, 1.82) is 0 Å². The van der Waals surface area contributed by atoms with Crippen molar-refractivity contribution >= 4 is 51.9 Å².